The first-order chi connectivity index (χ1) is 32.5. The molecule has 4 fully saturated rings. The van der Waals surface area contributed by atoms with E-state index < -0.39 is 6.43 Å². The van der Waals surface area contributed by atoms with Gasteiger partial charge in [-0.2, -0.15) is 10.2 Å². The molecule has 2 aromatic carbocycles. The van der Waals surface area contributed by atoms with E-state index in [-0.39, 0.29) is 17.5 Å². The number of anilines is 5. The number of aromatic nitrogens is 6. The Morgan fingerprint density at radius 3 is 2.25 bits per heavy atom. The maximum absolute atomic E-state index is 14.8. The molecule has 4 saturated heterocycles. The molecular weight excluding hydrogens is 847 g/mol. The molecule has 0 saturated carbocycles. The second kappa shape index (κ2) is 17.8. The van der Waals surface area contributed by atoms with E-state index in [2.05, 4.69) is 78.5 Å². The van der Waals surface area contributed by atoms with Crippen LogP contribution in [-0.2, 0) is 31.2 Å². The van der Waals surface area contributed by atoms with Crippen LogP contribution in [0.1, 0.15) is 104 Å². The van der Waals surface area contributed by atoms with E-state index in [0.29, 0.717) is 42.2 Å². The second-order valence-electron chi connectivity index (χ2n) is 20.6. The number of carbonyl (C=O) groups excluding carboxylic acids is 1. The van der Waals surface area contributed by atoms with Gasteiger partial charge in [-0.3, -0.25) is 19.1 Å². The van der Waals surface area contributed by atoms with Crippen LogP contribution < -0.4 is 19.6 Å². The van der Waals surface area contributed by atoms with E-state index in [4.69, 9.17) is 15.3 Å². The van der Waals surface area contributed by atoms with Gasteiger partial charge in [-0.15, -0.1) is 10.2 Å². The van der Waals surface area contributed by atoms with Crippen LogP contribution in [-0.4, -0.2) is 117 Å². The average Bonchev–Trinajstić information content (AvgIpc) is 4.09. The summed E-state index contributed by atoms with van der Waals surface area (Å²) in [5.74, 6) is 2.82. The third-order valence-electron chi connectivity index (χ3n) is 16.5. The maximum atomic E-state index is 14.8. The number of piperidine rings is 3. The molecule has 0 bridgehead atoms. The van der Waals surface area contributed by atoms with Gasteiger partial charge in [0.05, 0.1) is 18.8 Å². The zero-order valence-electron chi connectivity index (χ0n) is 39.8. The minimum absolute atomic E-state index is 0.00551. The number of aryl methyl sites for hydroxylation is 4. The van der Waals surface area contributed by atoms with E-state index >= 15 is 0 Å². The van der Waals surface area contributed by atoms with Gasteiger partial charge in [-0.1, -0.05) is 6.07 Å². The van der Waals surface area contributed by atoms with Crippen molar-refractivity contribution < 1.29 is 13.6 Å². The molecule has 0 radical (unpaired) electrons. The Labute approximate surface area is 393 Å². The zero-order chi connectivity index (χ0) is 46.0. The summed E-state index contributed by atoms with van der Waals surface area (Å²) in [6.45, 7) is 16.1. The molecule has 5 aromatic rings. The van der Waals surface area contributed by atoms with Gasteiger partial charge in [-0.05, 0) is 136 Å². The number of alkyl halides is 2. The van der Waals surface area contributed by atoms with Gasteiger partial charge in [0.2, 0.25) is 5.91 Å². The number of likely N-dealkylation sites (tertiary alicyclic amines) is 1. The highest BCUT2D eigenvalue weighted by Crippen LogP contribution is 2.45. The van der Waals surface area contributed by atoms with Crippen LogP contribution in [0.15, 0.2) is 54.9 Å². The molecule has 6 aliphatic heterocycles. The lowest BCUT2D eigenvalue weighted by molar-refractivity contribution is -0.129. The smallest absolute Gasteiger partial charge is 0.264 e. The fourth-order valence-electron chi connectivity index (χ4n) is 12.4. The Morgan fingerprint density at radius 1 is 0.791 bits per heavy atom. The van der Waals surface area contributed by atoms with Crippen LogP contribution in [0, 0.1) is 19.3 Å². The van der Waals surface area contributed by atoms with Crippen LogP contribution in [0.3, 0.4) is 0 Å². The molecule has 6 aliphatic rings. The standard InChI is InChI=1S/C52H66F2N12O/c1-35-9-10-41(27-36(35)2)64-26-18-52(34-64)16-24-61(25-17-52)48-11-12-49(57-56-48)63-19-6-8-42(32-63)60-21-13-40(14-22-60)66-46-15-23-62(37(3)67)33-45(46)51(58-66)65-20-5-7-38-28-43(39-30-55-59(4)31-39)44(50(53)54)29-47(38)65/h9-12,27-31,40,42,50H,5-8,13-26,32-34H2,1-4H3. The van der Waals surface area contributed by atoms with Gasteiger partial charge < -0.3 is 24.5 Å². The molecule has 9 heterocycles. The Hall–Kier alpha value is -5.57. The van der Waals surface area contributed by atoms with Crippen LogP contribution in [0.4, 0.5) is 37.6 Å². The normalized spacial score (nSPS) is 21.4. The lowest BCUT2D eigenvalue weighted by Gasteiger charge is -2.43. The van der Waals surface area contributed by atoms with Crippen molar-refractivity contribution in [3.05, 3.63) is 88.4 Å². The van der Waals surface area contributed by atoms with Crippen molar-refractivity contribution in [1.82, 2.24) is 39.6 Å². The molecule has 1 atom stereocenters. The number of amides is 1. The number of rotatable bonds is 8. The van der Waals surface area contributed by atoms with Crippen molar-refractivity contribution in [2.45, 2.75) is 110 Å². The first-order valence-corrected chi connectivity index (χ1v) is 25.0. The molecular formula is C52H66F2N12O. The second-order valence-corrected chi connectivity index (χ2v) is 20.6. The summed E-state index contributed by atoms with van der Waals surface area (Å²) < 4.78 is 33.5. The van der Waals surface area contributed by atoms with Crippen LogP contribution in [0.2, 0.25) is 0 Å². The van der Waals surface area contributed by atoms with Crippen LogP contribution in [0.25, 0.3) is 11.1 Å². The number of benzene rings is 2. The summed E-state index contributed by atoms with van der Waals surface area (Å²) >= 11 is 0. The van der Waals surface area contributed by atoms with Gasteiger partial charge in [0.15, 0.2) is 17.5 Å². The minimum atomic E-state index is -2.64. The molecule has 1 spiro atoms. The van der Waals surface area contributed by atoms with E-state index in [1.807, 2.05) is 11.0 Å². The topological polar surface area (TPSA) is 97.9 Å². The van der Waals surface area contributed by atoms with Gasteiger partial charge in [0.25, 0.3) is 6.43 Å². The van der Waals surface area contributed by atoms with Gasteiger partial charge in [0, 0.05) is 132 Å². The first kappa shape index (κ1) is 44.0. The van der Waals surface area contributed by atoms with Crippen LogP contribution in [0.5, 0.6) is 0 Å². The van der Waals surface area contributed by atoms with Gasteiger partial charge in [0.1, 0.15) is 0 Å². The summed E-state index contributed by atoms with van der Waals surface area (Å²) in [5.41, 5.74) is 9.79. The van der Waals surface area contributed by atoms with Crippen molar-refractivity contribution in [2.75, 3.05) is 85.0 Å². The van der Waals surface area contributed by atoms with Gasteiger partial charge in [-0.25, -0.2) is 8.78 Å². The van der Waals surface area contributed by atoms with E-state index in [1.165, 1.54) is 48.2 Å². The highest BCUT2D eigenvalue weighted by Gasteiger charge is 2.42. The molecule has 354 valence electrons. The third-order valence-corrected chi connectivity index (χ3v) is 16.5. The molecule has 0 aliphatic carbocycles. The van der Waals surface area contributed by atoms with Crippen LogP contribution >= 0.6 is 0 Å². The summed E-state index contributed by atoms with van der Waals surface area (Å²) in [5, 5.41) is 19.3. The highest BCUT2D eigenvalue weighted by molar-refractivity contribution is 5.78. The zero-order valence-corrected chi connectivity index (χ0v) is 39.8. The monoisotopic (exact) mass is 913 g/mol. The number of carbonyl (C=O) groups is 1. The molecule has 1 unspecified atom stereocenters. The maximum Gasteiger partial charge on any atom is 0.264 e. The number of hydrogen-bond acceptors (Lipinski definition) is 10. The Morgan fingerprint density at radius 2 is 1.55 bits per heavy atom. The van der Waals surface area contributed by atoms with Crippen molar-refractivity contribution in [2.24, 2.45) is 12.5 Å². The fraction of sp³-hybridized carbons (Fsp3) is 0.558. The number of hydrogen-bond donors (Lipinski definition) is 0. The van der Waals surface area contributed by atoms with E-state index in [9.17, 15) is 13.6 Å². The average molecular weight is 913 g/mol. The highest BCUT2D eigenvalue weighted by atomic mass is 19.3. The Kier molecular flexibility index (Phi) is 11.7. The summed E-state index contributed by atoms with van der Waals surface area (Å²) in [6.07, 6.45) is 11.1. The summed E-state index contributed by atoms with van der Waals surface area (Å²) in [7, 11) is 1.80. The van der Waals surface area contributed by atoms with E-state index in [1.54, 1.807) is 37.1 Å². The largest absolute Gasteiger partial charge is 0.371 e. The van der Waals surface area contributed by atoms with Gasteiger partial charge >= 0.3 is 0 Å². The predicted molar refractivity (Wildman–Crippen MR) is 260 cm³/mol. The van der Waals surface area contributed by atoms with Crippen molar-refractivity contribution in [3.63, 3.8) is 0 Å². The Balaban J connectivity index is 0.745. The van der Waals surface area contributed by atoms with Crippen molar-refractivity contribution >= 4 is 34.7 Å². The fourth-order valence-corrected chi connectivity index (χ4v) is 12.4. The van der Waals surface area contributed by atoms with Crippen molar-refractivity contribution in [3.8, 4) is 11.1 Å². The lowest BCUT2D eigenvalue weighted by Crippen LogP contribution is -2.51. The number of nitrogens with zero attached hydrogens (tertiary/aromatic N) is 12. The number of halogens is 2. The summed E-state index contributed by atoms with van der Waals surface area (Å²) in [6, 6.07) is 15.6. The van der Waals surface area contributed by atoms with E-state index in [0.717, 1.165) is 125 Å². The Bertz CT molecular complexity index is 2610. The molecule has 13 nitrogen and oxygen atoms in total. The molecule has 3 aromatic heterocycles. The minimum Gasteiger partial charge on any atom is -0.371 e. The molecule has 11 rings (SSSR count). The first-order valence-electron chi connectivity index (χ1n) is 25.0. The summed E-state index contributed by atoms with van der Waals surface area (Å²) in [4.78, 5) is 27.0. The quantitative estimate of drug-likeness (QED) is 0.151. The number of fused-ring (bicyclic) bond motifs is 2. The molecule has 15 heteroatoms. The molecule has 67 heavy (non-hydrogen) atoms. The SMILES string of the molecule is CC(=O)N1CCc2c(c(N3CCCc4cc(-c5cnn(C)c5)c(C(F)F)cc43)nn2C2CCN(C3CCCN(c4ccc(N5CCC6(CCN(c7ccc(C)c(C)c7)C6)CC5)nn4)C3)CC2)C1. The lowest BCUT2D eigenvalue weighted by atomic mass is 9.78. The van der Waals surface area contributed by atoms with Crippen molar-refractivity contribution in [1.29, 1.82) is 0 Å². The third kappa shape index (κ3) is 8.43. The molecule has 0 N–H and O–H groups in total. The molecule has 1 amide bonds. The predicted octanol–water partition coefficient (Wildman–Crippen LogP) is 8.42.